The van der Waals surface area contributed by atoms with Gasteiger partial charge in [0.2, 0.25) is 5.91 Å². The van der Waals surface area contributed by atoms with E-state index in [2.05, 4.69) is 41.4 Å². The van der Waals surface area contributed by atoms with Crippen molar-refractivity contribution in [3.63, 3.8) is 0 Å². The SMILES string of the molecule is Cc1csc([C@H]2C[C@H](N(C)C(C)C)CC[C@@H]2NC(=O)CNC(=O)c2cccc(C(F)(F)F)c2)n1. The summed E-state index contributed by atoms with van der Waals surface area (Å²) in [6.45, 7) is 5.94. The number of nitrogens with zero attached hydrogens (tertiary/aromatic N) is 2. The fraction of sp³-hybridized carbons (Fsp3) is 0.542. The van der Waals surface area contributed by atoms with Crippen LogP contribution >= 0.6 is 11.3 Å². The molecular weight excluding hydrogens is 465 g/mol. The maximum Gasteiger partial charge on any atom is 0.416 e. The van der Waals surface area contributed by atoms with E-state index in [1.807, 2.05) is 12.3 Å². The Hall–Kier alpha value is -2.46. The maximum absolute atomic E-state index is 12.9. The summed E-state index contributed by atoms with van der Waals surface area (Å²) >= 11 is 1.59. The lowest BCUT2D eigenvalue weighted by atomic mass is 9.81. The fourth-order valence-corrected chi connectivity index (χ4v) is 5.26. The number of benzene rings is 1. The Bertz CT molecular complexity index is 1010. The number of hydrogen-bond donors (Lipinski definition) is 2. The van der Waals surface area contributed by atoms with Gasteiger partial charge in [-0.25, -0.2) is 4.98 Å². The molecule has 1 heterocycles. The number of aromatic nitrogens is 1. The summed E-state index contributed by atoms with van der Waals surface area (Å²) in [5.41, 5.74) is -0.108. The Kier molecular flexibility index (Phi) is 8.35. The first-order valence-corrected chi connectivity index (χ1v) is 12.2. The number of nitrogens with one attached hydrogen (secondary N) is 2. The third-order valence-corrected chi connectivity index (χ3v) is 7.47. The first-order chi connectivity index (χ1) is 16.0. The Morgan fingerprint density at radius 3 is 2.62 bits per heavy atom. The fourth-order valence-electron chi connectivity index (χ4n) is 4.29. The highest BCUT2D eigenvalue weighted by atomic mass is 32.1. The second-order valence-electron chi connectivity index (χ2n) is 9.09. The van der Waals surface area contributed by atoms with Crippen LogP contribution in [-0.4, -0.2) is 53.4 Å². The topological polar surface area (TPSA) is 74.3 Å². The molecule has 1 aliphatic rings. The smallest absolute Gasteiger partial charge is 0.351 e. The number of alkyl halides is 3. The summed E-state index contributed by atoms with van der Waals surface area (Å²) in [4.78, 5) is 32.0. The van der Waals surface area contributed by atoms with E-state index in [9.17, 15) is 22.8 Å². The van der Waals surface area contributed by atoms with Crippen LogP contribution in [-0.2, 0) is 11.0 Å². The molecule has 0 bridgehead atoms. The molecule has 0 unspecified atom stereocenters. The Balaban J connectivity index is 1.63. The minimum Gasteiger partial charge on any atom is -0.351 e. The molecule has 1 fully saturated rings. The zero-order valence-corrected chi connectivity index (χ0v) is 20.6. The van der Waals surface area contributed by atoms with Crippen LogP contribution in [0.1, 0.15) is 65.7 Å². The molecule has 2 aromatic rings. The monoisotopic (exact) mass is 496 g/mol. The number of hydrogen-bond acceptors (Lipinski definition) is 5. The average Bonchev–Trinajstić information content (AvgIpc) is 3.22. The summed E-state index contributed by atoms with van der Waals surface area (Å²) in [5.74, 6) is -1.04. The molecule has 10 heteroatoms. The largest absolute Gasteiger partial charge is 0.416 e. The predicted octanol–water partition coefficient (Wildman–Crippen LogP) is 4.36. The molecule has 1 aromatic carbocycles. The van der Waals surface area contributed by atoms with E-state index in [0.29, 0.717) is 12.1 Å². The van der Waals surface area contributed by atoms with Crippen molar-refractivity contribution in [1.82, 2.24) is 20.5 Å². The van der Waals surface area contributed by atoms with Crippen LogP contribution in [0, 0.1) is 6.92 Å². The van der Waals surface area contributed by atoms with Crippen molar-refractivity contribution in [2.45, 2.75) is 70.3 Å². The molecule has 0 aliphatic heterocycles. The lowest BCUT2D eigenvalue weighted by Crippen LogP contribution is -2.50. The van der Waals surface area contributed by atoms with Crippen molar-refractivity contribution in [3.8, 4) is 0 Å². The number of rotatable bonds is 7. The molecule has 2 N–H and O–H groups in total. The number of carbonyl (C=O) groups is 2. The van der Waals surface area contributed by atoms with Crippen LogP contribution in [0.25, 0.3) is 0 Å². The predicted molar refractivity (Wildman–Crippen MR) is 126 cm³/mol. The van der Waals surface area contributed by atoms with Gasteiger partial charge >= 0.3 is 6.18 Å². The first kappa shape index (κ1) is 26.2. The van der Waals surface area contributed by atoms with Gasteiger partial charge in [-0.05, 0) is 65.3 Å². The van der Waals surface area contributed by atoms with Gasteiger partial charge in [-0.1, -0.05) is 6.07 Å². The van der Waals surface area contributed by atoms with Gasteiger partial charge < -0.3 is 15.5 Å². The van der Waals surface area contributed by atoms with Crippen LogP contribution in [0.5, 0.6) is 0 Å². The van der Waals surface area contributed by atoms with E-state index in [1.165, 1.54) is 12.1 Å². The van der Waals surface area contributed by atoms with Gasteiger partial charge in [0.1, 0.15) is 0 Å². The van der Waals surface area contributed by atoms with Crippen LogP contribution < -0.4 is 10.6 Å². The van der Waals surface area contributed by atoms with Crippen molar-refractivity contribution >= 4 is 23.2 Å². The van der Waals surface area contributed by atoms with Gasteiger partial charge in [-0.2, -0.15) is 13.2 Å². The van der Waals surface area contributed by atoms with E-state index in [4.69, 9.17) is 0 Å². The highest BCUT2D eigenvalue weighted by Crippen LogP contribution is 2.37. The zero-order valence-electron chi connectivity index (χ0n) is 19.8. The van der Waals surface area contributed by atoms with E-state index in [0.717, 1.165) is 42.1 Å². The van der Waals surface area contributed by atoms with Crippen LogP contribution in [0.15, 0.2) is 29.6 Å². The standard InChI is InChI=1S/C24H31F3N4O2S/c1-14(2)31(4)18-8-9-20(19(11-18)23-29-15(3)13-34-23)30-21(32)12-28-22(33)16-6-5-7-17(10-16)24(25,26)27/h5-7,10,13-14,18-20H,8-9,11-12H2,1-4H3,(H,28,33)(H,30,32)/t18-,19+,20+/m1/s1. The third kappa shape index (κ3) is 6.56. The molecule has 186 valence electrons. The van der Waals surface area contributed by atoms with E-state index in [1.54, 1.807) is 11.3 Å². The lowest BCUT2D eigenvalue weighted by Gasteiger charge is -2.41. The Labute approximate surface area is 201 Å². The quantitative estimate of drug-likeness (QED) is 0.597. The lowest BCUT2D eigenvalue weighted by molar-refractivity contribution is -0.137. The van der Waals surface area contributed by atoms with Crippen LogP contribution in [0.3, 0.4) is 0 Å². The highest BCUT2D eigenvalue weighted by Gasteiger charge is 2.36. The molecule has 3 atom stereocenters. The number of halogens is 3. The van der Waals surface area contributed by atoms with Gasteiger partial charge in [0.25, 0.3) is 5.91 Å². The van der Waals surface area contributed by atoms with E-state index in [-0.39, 0.29) is 30.0 Å². The molecule has 6 nitrogen and oxygen atoms in total. The van der Waals surface area contributed by atoms with Crippen molar-refractivity contribution in [3.05, 3.63) is 51.5 Å². The summed E-state index contributed by atoms with van der Waals surface area (Å²) in [7, 11) is 2.11. The molecule has 0 spiro atoms. The minimum absolute atomic E-state index is 0.0572. The molecule has 1 saturated carbocycles. The molecule has 34 heavy (non-hydrogen) atoms. The summed E-state index contributed by atoms with van der Waals surface area (Å²) < 4.78 is 38.7. The van der Waals surface area contributed by atoms with Gasteiger partial charge in [0, 0.05) is 40.7 Å². The molecular formula is C24H31F3N4O2S. The number of aryl methyl sites for hydroxylation is 1. The number of thiazole rings is 1. The molecule has 2 amide bonds. The van der Waals surface area contributed by atoms with Crippen molar-refractivity contribution < 1.29 is 22.8 Å². The number of amides is 2. The second-order valence-corrected chi connectivity index (χ2v) is 9.98. The van der Waals surface area contributed by atoms with Crippen molar-refractivity contribution in [1.29, 1.82) is 0 Å². The number of carbonyl (C=O) groups excluding carboxylic acids is 2. The minimum atomic E-state index is -4.54. The van der Waals surface area contributed by atoms with Crippen molar-refractivity contribution in [2.75, 3.05) is 13.6 Å². The third-order valence-electron chi connectivity index (χ3n) is 6.38. The first-order valence-electron chi connectivity index (χ1n) is 11.3. The summed E-state index contributed by atoms with van der Waals surface area (Å²) in [5, 5.41) is 8.43. The second kappa shape index (κ2) is 10.9. The van der Waals surface area contributed by atoms with Crippen LogP contribution in [0.2, 0.25) is 0 Å². The highest BCUT2D eigenvalue weighted by molar-refractivity contribution is 7.09. The van der Waals surface area contributed by atoms with Gasteiger partial charge in [0.05, 0.1) is 17.1 Å². The van der Waals surface area contributed by atoms with Crippen LogP contribution in [0.4, 0.5) is 13.2 Å². The molecule has 3 rings (SSSR count). The van der Waals surface area contributed by atoms with E-state index >= 15 is 0 Å². The molecule has 0 saturated heterocycles. The van der Waals surface area contributed by atoms with Gasteiger partial charge in [-0.15, -0.1) is 11.3 Å². The Morgan fingerprint density at radius 2 is 2.00 bits per heavy atom. The summed E-state index contributed by atoms with van der Waals surface area (Å²) in [6, 6.07) is 4.79. The average molecular weight is 497 g/mol. The van der Waals surface area contributed by atoms with Gasteiger partial charge in [0.15, 0.2) is 0 Å². The maximum atomic E-state index is 12.9. The van der Waals surface area contributed by atoms with Gasteiger partial charge in [-0.3, -0.25) is 9.59 Å². The van der Waals surface area contributed by atoms with Crippen molar-refractivity contribution in [2.24, 2.45) is 0 Å². The Morgan fingerprint density at radius 1 is 1.26 bits per heavy atom. The zero-order chi connectivity index (χ0) is 25.0. The normalized spacial score (nSPS) is 21.0. The molecule has 0 radical (unpaired) electrons. The van der Waals surface area contributed by atoms with E-state index < -0.39 is 17.6 Å². The molecule has 1 aromatic heterocycles. The summed E-state index contributed by atoms with van der Waals surface area (Å²) in [6.07, 6.45) is -1.97. The molecule has 1 aliphatic carbocycles.